The second kappa shape index (κ2) is 4.99. The molecule has 0 spiro atoms. The zero-order valence-corrected chi connectivity index (χ0v) is 11.9. The maximum absolute atomic E-state index is 5.92. The van der Waals surface area contributed by atoms with E-state index < -0.39 is 0 Å². The Kier molecular flexibility index (Phi) is 3.37. The van der Waals surface area contributed by atoms with Crippen molar-refractivity contribution in [2.45, 2.75) is 25.4 Å². The van der Waals surface area contributed by atoms with Gasteiger partial charge in [-0.15, -0.1) is 5.10 Å². The number of halogens is 2. The van der Waals surface area contributed by atoms with Gasteiger partial charge in [-0.25, -0.2) is 4.68 Å². The molecule has 0 saturated heterocycles. The van der Waals surface area contributed by atoms with E-state index in [1.807, 2.05) is 24.4 Å². The van der Waals surface area contributed by atoms with Gasteiger partial charge in [0, 0.05) is 22.1 Å². The largest absolute Gasteiger partial charge is 0.308 e. The highest BCUT2D eigenvalue weighted by Gasteiger charge is 2.20. The van der Waals surface area contributed by atoms with Gasteiger partial charge in [-0.05, 0) is 47.0 Å². The second-order valence-electron chi connectivity index (χ2n) is 4.41. The van der Waals surface area contributed by atoms with Gasteiger partial charge >= 0.3 is 0 Å². The van der Waals surface area contributed by atoms with E-state index in [4.69, 9.17) is 11.6 Å². The fourth-order valence-electron chi connectivity index (χ4n) is 1.70. The van der Waals surface area contributed by atoms with Crippen LogP contribution >= 0.6 is 27.5 Å². The summed E-state index contributed by atoms with van der Waals surface area (Å²) in [6, 6.07) is 6.28. The van der Waals surface area contributed by atoms with Gasteiger partial charge in [0.05, 0.1) is 17.6 Å². The summed E-state index contributed by atoms with van der Waals surface area (Å²) in [5, 5.41) is 12.4. The van der Waals surface area contributed by atoms with Crippen LogP contribution in [-0.4, -0.2) is 21.0 Å². The van der Waals surface area contributed by atoms with Crippen LogP contribution in [0.4, 0.5) is 0 Å². The highest BCUT2D eigenvalue weighted by molar-refractivity contribution is 9.10. The lowest BCUT2D eigenvalue weighted by Gasteiger charge is -2.03. The predicted octanol–water partition coefficient (Wildman–Crippen LogP) is 2.94. The lowest BCUT2D eigenvalue weighted by Crippen LogP contribution is -2.15. The van der Waals surface area contributed by atoms with Crippen LogP contribution < -0.4 is 5.32 Å². The Balaban J connectivity index is 1.78. The molecule has 0 bridgehead atoms. The van der Waals surface area contributed by atoms with Crippen LogP contribution in [0.2, 0.25) is 5.02 Å². The molecule has 1 aliphatic carbocycles. The topological polar surface area (TPSA) is 42.7 Å². The lowest BCUT2D eigenvalue weighted by atomic mass is 10.3. The third kappa shape index (κ3) is 2.74. The van der Waals surface area contributed by atoms with Gasteiger partial charge < -0.3 is 5.32 Å². The van der Waals surface area contributed by atoms with Crippen molar-refractivity contribution in [3.63, 3.8) is 0 Å². The summed E-state index contributed by atoms with van der Waals surface area (Å²) in [5.74, 6) is 0. The maximum atomic E-state index is 5.92. The number of nitrogens with one attached hydrogen (secondary N) is 1. The van der Waals surface area contributed by atoms with E-state index in [-0.39, 0.29) is 0 Å². The molecular formula is C12H12BrClN4. The van der Waals surface area contributed by atoms with Crippen molar-refractivity contribution in [2.75, 3.05) is 0 Å². The number of hydrogen-bond donors (Lipinski definition) is 1. The fraction of sp³-hybridized carbons (Fsp3) is 0.333. The van der Waals surface area contributed by atoms with Crippen LogP contribution in [-0.2, 0) is 6.54 Å². The van der Waals surface area contributed by atoms with E-state index in [0.29, 0.717) is 11.1 Å². The van der Waals surface area contributed by atoms with Crippen LogP contribution in [0.5, 0.6) is 0 Å². The molecule has 6 heteroatoms. The smallest absolute Gasteiger partial charge is 0.0969 e. The number of aromatic nitrogens is 3. The van der Waals surface area contributed by atoms with Gasteiger partial charge in [-0.2, -0.15) is 0 Å². The molecule has 1 fully saturated rings. The van der Waals surface area contributed by atoms with E-state index in [0.717, 1.165) is 22.4 Å². The van der Waals surface area contributed by atoms with E-state index in [1.54, 1.807) is 4.68 Å². The second-order valence-corrected chi connectivity index (χ2v) is 5.70. The summed E-state index contributed by atoms with van der Waals surface area (Å²) in [5.41, 5.74) is 1.88. The van der Waals surface area contributed by atoms with Crippen LogP contribution in [0.25, 0.3) is 5.69 Å². The number of rotatable bonds is 4. The number of hydrogen-bond acceptors (Lipinski definition) is 3. The molecule has 0 atom stereocenters. The zero-order chi connectivity index (χ0) is 12.5. The average molecular weight is 328 g/mol. The first-order chi connectivity index (χ1) is 8.72. The molecule has 1 aromatic carbocycles. The molecule has 1 aromatic heterocycles. The van der Waals surface area contributed by atoms with Crippen molar-refractivity contribution < 1.29 is 0 Å². The molecular weight excluding hydrogens is 316 g/mol. The molecule has 1 N–H and O–H groups in total. The molecule has 4 nitrogen and oxygen atoms in total. The molecule has 1 heterocycles. The Morgan fingerprint density at radius 1 is 1.44 bits per heavy atom. The van der Waals surface area contributed by atoms with E-state index in [2.05, 4.69) is 31.6 Å². The van der Waals surface area contributed by atoms with E-state index in [1.165, 1.54) is 12.8 Å². The molecule has 0 aliphatic heterocycles. The minimum Gasteiger partial charge on any atom is -0.308 e. The maximum Gasteiger partial charge on any atom is 0.0969 e. The van der Waals surface area contributed by atoms with Crippen molar-refractivity contribution in [1.29, 1.82) is 0 Å². The zero-order valence-electron chi connectivity index (χ0n) is 9.61. The third-order valence-corrected chi connectivity index (χ3v) is 3.72. The summed E-state index contributed by atoms with van der Waals surface area (Å²) in [6.07, 6.45) is 4.48. The standard InChI is InChI=1S/C12H12BrClN4/c13-11-5-8(14)1-4-12(11)18-7-10(16-17-18)6-15-9-2-3-9/h1,4-5,7,9,15H,2-3,6H2. The van der Waals surface area contributed by atoms with Crippen LogP contribution in [0.1, 0.15) is 18.5 Å². The highest BCUT2D eigenvalue weighted by atomic mass is 79.9. The SMILES string of the molecule is Clc1ccc(-n2cc(CNC3CC3)nn2)c(Br)c1. The third-order valence-electron chi connectivity index (χ3n) is 2.85. The monoisotopic (exact) mass is 326 g/mol. The highest BCUT2D eigenvalue weighted by Crippen LogP contribution is 2.24. The predicted molar refractivity (Wildman–Crippen MR) is 73.9 cm³/mol. The fourth-order valence-corrected chi connectivity index (χ4v) is 2.56. The molecule has 0 amide bonds. The molecule has 2 aromatic rings. The Labute approximate surface area is 118 Å². The van der Waals surface area contributed by atoms with Crippen molar-refractivity contribution in [2.24, 2.45) is 0 Å². The van der Waals surface area contributed by atoms with Crippen LogP contribution in [0.3, 0.4) is 0 Å². The lowest BCUT2D eigenvalue weighted by molar-refractivity contribution is 0.671. The van der Waals surface area contributed by atoms with Gasteiger partial charge in [0.15, 0.2) is 0 Å². The van der Waals surface area contributed by atoms with Crippen LogP contribution in [0.15, 0.2) is 28.9 Å². The van der Waals surface area contributed by atoms with Gasteiger partial charge in [-0.1, -0.05) is 16.8 Å². The molecule has 18 heavy (non-hydrogen) atoms. The Morgan fingerprint density at radius 3 is 3.00 bits per heavy atom. The van der Waals surface area contributed by atoms with E-state index in [9.17, 15) is 0 Å². The summed E-state index contributed by atoms with van der Waals surface area (Å²) in [6.45, 7) is 0.774. The van der Waals surface area contributed by atoms with Crippen molar-refractivity contribution in [1.82, 2.24) is 20.3 Å². The first-order valence-electron chi connectivity index (χ1n) is 5.82. The number of benzene rings is 1. The molecule has 3 rings (SSSR count). The first kappa shape index (κ1) is 12.1. The average Bonchev–Trinajstić information content (AvgIpc) is 3.05. The number of nitrogens with zero attached hydrogens (tertiary/aromatic N) is 3. The Morgan fingerprint density at radius 2 is 2.28 bits per heavy atom. The van der Waals surface area contributed by atoms with Crippen molar-refractivity contribution >= 4 is 27.5 Å². The summed E-state index contributed by atoms with van der Waals surface area (Å²) in [7, 11) is 0. The Bertz CT molecular complexity index is 565. The molecule has 1 saturated carbocycles. The van der Waals surface area contributed by atoms with Gasteiger partial charge in [0.25, 0.3) is 0 Å². The summed E-state index contributed by atoms with van der Waals surface area (Å²) < 4.78 is 2.66. The summed E-state index contributed by atoms with van der Waals surface area (Å²) in [4.78, 5) is 0. The molecule has 94 valence electrons. The van der Waals surface area contributed by atoms with Crippen LogP contribution in [0, 0.1) is 0 Å². The first-order valence-corrected chi connectivity index (χ1v) is 6.99. The van der Waals surface area contributed by atoms with Gasteiger partial charge in [0.2, 0.25) is 0 Å². The molecule has 0 radical (unpaired) electrons. The normalized spacial score (nSPS) is 15.0. The van der Waals surface area contributed by atoms with Crippen molar-refractivity contribution in [3.05, 3.63) is 39.6 Å². The quantitative estimate of drug-likeness (QED) is 0.939. The minimum absolute atomic E-state index is 0.678. The van der Waals surface area contributed by atoms with E-state index >= 15 is 0 Å². The van der Waals surface area contributed by atoms with Crippen molar-refractivity contribution in [3.8, 4) is 5.69 Å². The molecule has 0 unspecified atom stereocenters. The van der Waals surface area contributed by atoms with Gasteiger partial charge in [-0.3, -0.25) is 0 Å². The minimum atomic E-state index is 0.678. The molecule has 1 aliphatic rings. The Hall–Kier alpha value is -0.910. The van der Waals surface area contributed by atoms with Gasteiger partial charge in [0.1, 0.15) is 0 Å². The summed E-state index contributed by atoms with van der Waals surface area (Å²) >= 11 is 9.39.